The van der Waals surface area contributed by atoms with Gasteiger partial charge in [0.15, 0.2) is 12.1 Å². The number of nitrogens with zero attached hydrogens (tertiary/aromatic N) is 1. The van der Waals surface area contributed by atoms with Crippen molar-refractivity contribution in [2.45, 2.75) is 225 Å². The van der Waals surface area contributed by atoms with Gasteiger partial charge in [-0.3, -0.25) is 9.59 Å². The number of esters is 2. The maximum Gasteiger partial charge on any atom is 0.362 e. The molecule has 358 valence electrons. The Kier molecular flexibility index (Phi) is 42.5. The fourth-order valence-electron chi connectivity index (χ4n) is 7.19. The molecule has 0 fully saturated rings. The van der Waals surface area contributed by atoms with Crippen molar-refractivity contribution in [3.8, 4) is 0 Å². The summed E-state index contributed by atoms with van der Waals surface area (Å²) in [6, 6.07) is -0.621. The van der Waals surface area contributed by atoms with Gasteiger partial charge in [0.05, 0.1) is 34.4 Å². The second-order valence-corrected chi connectivity index (χ2v) is 18.1. The summed E-state index contributed by atoms with van der Waals surface area (Å²) in [6.07, 6.45) is 55.5. The summed E-state index contributed by atoms with van der Waals surface area (Å²) in [5, 5.41) is 9.65. The highest BCUT2D eigenvalue weighted by Gasteiger charge is 2.31. The van der Waals surface area contributed by atoms with Crippen molar-refractivity contribution in [3.05, 3.63) is 60.8 Å². The molecule has 2 unspecified atom stereocenters. The second-order valence-electron chi connectivity index (χ2n) is 18.1. The molecule has 0 amide bonds. The molecule has 8 heteroatoms. The Balaban J connectivity index is 4.31. The van der Waals surface area contributed by atoms with Gasteiger partial charge in [0, 0.05) is 19.3 Å². The molecule has 0 saturated heterocycles. The Morgan fingerprint density at radius 1 is 0.484 bits per heavy atom. The van der Waals surface area contributed by atoms with Crippen LogP contribution in [0.5, 0.6) is 0 Å². The first-order valence-electron chi connectivity index (χ1n) is 25.3. The van der Waals surface area contributed by atoms with Crippen LogP contribution < -0.4 is 0 Å². The van der Waals surface area contributed by atoms with Crippen molar-refractivity contribution in [1.82, 2.24) is 0 Å². The van der Waals surface area contributed by atoms with Gasteiger partial charge in [-0.1, -0.05) is 171 Å². The third-order valence-electron chi connectivity index (χ3n) is 11.1. The molecule has 0 aromatic carbocycles. The number of carboxylic acids is 1. The van der Waals surface area contributed by atoms with Crippen LogP contribution in [0.25, 0.3) is 0 Å². The summed E-state index contributed by atoms with van der Waals surface area (Å²) in [6.45, 7) is 4.69. The Hall–Kier alpha value is -2.97. The van der Waals surface area contributed by atoms with E-state index in [2.05, 4.69) is 74.6 Å². The van der Waals surface area contributed by atoms with Crippen molar-refractivity contribution in [1.29, 1.82) is 0 Å². The van der Waals surface area contributed by atoms with E-state index in [-0.39, 0.29) is 36.2 Å². The van der Waals surface area contributed by atoms with Gasteiger partial charge in [0.25, 0.3) is 0 Å². The number of carbonyl (C=O) groups is 3. The maximum absolute atomic E-state index is 12.8. The highest BCUT2D eigenvalue weighted by molar-refractivity contribution is 5.72. The summed E-state index contributed by atoms with van der Waals surface area (Å²) in [5.41, 5.74) is 0. The van der Waals surface area contributed by atoms with Gasteiger partial charge >= 0.3 is 17.9 Å². The number of aliphatic carboxylic acids is 1. The molecule has 0 aliphatic rings. The molecule has 2 atom stereocenters. The number of unbranched alkanes of at least 4 members (excludes halogenated alkanes) is 21. The zero-order chi connectivity index (χ0) is 45.6. The Labute approximate surface area is 381 Å². The van der Waals surface area contributed by atoms with Crippen LogP contribution in [-0.4, -0.2) is 80.6 Å². The van der Waals surface area contributed by atoms with Gasteiger partial charge in [-0.2, -0.15) is 0 Å². The first kappa shape index (κ1) is 59.0. The van der Waals surface area contributed by atoms with Crippen LogP contribution in [0.1, 0.15) is 213 Å². The lowest BCUT2D eigenvalue weighted by Gasteiger charge is -2.31. The third-order valence-corrected chi connectivity index (χ3v) is 11.1. The number of carbonyl (C=O) groups excluding carboxylic acids is 2. The number of ether oxygens (including phenoxy) is 3. The summed E-state index contributed by atoms with van der Waals surface area (Å²) in [4.78, 5) is 37.1. The smallest absolute Gasteiger partial charge is 0.362 e. The zero-order valence-corrected chi connectivity index (χ0v) is 40.8. The topological polar surface area (TPSA) is 99.1 Å². The van der Waals surface area contributed by atoms with E-state index in [4.69, 9.17) is 14.2 Å². The largest absolute Gasteiger partial charge is 0.477 e. The molecule has 1 N–H and O–H groups in total. The summed E-state index contributed by atoms with van der Waals surface area (Å²) >= 11 is 0. The lowest BCUT2D eigenvalue weighted by molar-refractivity contribution is -0.887. The van der Waals surface area contributed by atoms with Gasteiger partial charge in [0.2, 0.25) is 0 Å². The molecular weight excluding hydrogens is 775 g/mol. The van der Waals surface area contributed by atoms with Gasteiger partial charge in [-0.15, -0.1) is 0 Å². The van der Waals surface area contributed by atoms with E-state index in [0.29, 0.717) is 19.3 Å². The highest BCUT2D eigenvalue weighted by atomic mass is 16.6. The molecule has 0 saturated carbocycles. The van der Waals surface area contributed by atoms with Crippen LogP contribution in [0.4, 0.5) is 0 Å². The molecule has 0 bridgehead atoms. The average Bonchev–Trinajstić information content (AvgIpc) is 3.23. The molecule has 0 heterocycles. The fraction of sp³-hybridized carbons (Fsp3) is 0.759. The molecule has 0 radical (unpaired) electrons. The number of hydrogen-bond acceptors (Lipinski definition) is 6. The summed E-state index contributed by atoms with van der Waals surface area (Å²) in [5.74, 6) is -1.49. The minimum absolute atomic E-state index is 0.0518. The highest BCUT2D eigenvalue weighted by Crippen LogP contribution is 2.14. The molecule has 8 nitrogen and oxygen atoms in total. The van der Waals surface area contributed by atoms with Gasteiger partial charge in [-0.25, -0.2) is 4.79 Å². The van der Waals surface area contributed by atoms with Crippen molar-refractivity contribution in [3.63, 3.8) is 0 Å². The van der Waals surface area contributed by atoms with E-state index in [9.17, 15) is 19.5 Å². The van der Waals surface area contributed by atoms with Gasteiger partial charge in [-0.05, 0) is 83.5 Å². The zero-order valence-electron chi connectivity index (χ0n) is 40.8. The maximum atomic E-state index is 12.8. The normalized spacial score (nSPS) is 13.4. The first-order valence-corrected chi connectivity index (χ1v) is 25.3. The fourth-order valence-corrected chi connectivity index (χ4v) is 7.19. The predicted octanol–water partition coefficient (Wildman–Crippen LogP) is 14.5. The number of carboxylic acid groups (broad SMARTS) is 1. The lowest BCUT2D eigenvalue weighted by Crippen LogP contribution is -2.50. The van der Waals surface area contributed by atoms with Crippen molar-refractivity contribution in [2.24, 2.45) is 0 Å². The van der Waals surface area contributed by atoms with E-state index in [0.717, 1.165) is 77.0 Å². The SMILES string of the molecule is CCCCC/C=C/C/C=C/C/C=C/C/C=C/CCCCCCCC(=O)OCC(COCCC(C(=O)O)[N+](C)(C)C)OC(=O)CCCCCCCCC/C=C/CCCCCCCC. The van der Waals surface area contributed by atoms with Crippen LogP contribution >= 0.6 is 0 Å². The molecule has 0 aliphatic heterocycles. The van der Waals surface area contributed by atoms with Crippen LogP contribution in [0, 0.1) is 0 Å². The lowest BCUT2D eigenvalue weighted by atomic mass is 10.1. The number of hydrogen-bond donors (Lipinski definition) is 1. The summed E-state index contributed by atoms with van der Waals surface area (Å²) < 4.78 is 17.3. The van der Waals surface area contributed by atoms with Gasteiger partial charge < -0.3 is 23.8 Å². The van der Waals surface area contributed by atoms with E-state index < -0.39 is 18.1 Å². The second kappa shape index (κ2) is 44.6. The first-order chi connectivity index (χ1) is 30.1. The molecule has 0 aromatic heterocycles. The number of quaternary nitrogens is 1. The minimum Gasteiger partial charge on any atom is -0.477 e. The predicted molar refractivity (Wildman–Crippen MR) is 261 cm³/mol. The Bertz CT molecular complexity index is 1200. The molecule has 0 aliphatic carbocycles. The molecule has 0 spiro atoms. The van der Waals surface area contributed by atoms with E-state index in [1.165, 1.54) is 103 Å². The van der Waals surface area contributed by atoms with Gasteiger partial charge in [0.1, 0.15) is 6.61 Å². The number of allylic oxidation sites excluding steroid dienone is 10. The van der Waals surface area contributed by atoms with Crippen molar-refractivity contribution in [2.75, 3.05) is 41.0 Å². The summed E-state index contributed by atoms with van der Waals surface area (Å²) in [7, 11) is 5.52. The Morgan fingerprint density at radius 3 is 1.31 bits per heavy atom. The van der Waals surface area contributed by atoms with E-state index in [1.54, 1.807) is 0 Å². The quantitative estimate of drug-likeness (QED) is 0.0282. The standard InChI is InChI=1S/C54H95NO7/c1-6-8-10-12-14-16-18-20-22-24-25-26-27-29-30-32-34-36-38-40-42-44-52(56)61-49-50(48-60-47-46-51(54(58)59)55(3,4)5)62-53(57)45-43-41-39-37-35-33-31-28-23-21-19-17-15-13-11-9-7-2/h14,16,20-23,25-26,29-30,50-51H,6-13,15,17-19,24,27-28,31-49H2,1-5H3/p+1/b16-14+,22-20+,23-21+,26-25+,30-29+. The van der Waals surface area contributed by atoms with Crippen molar-refractivity contribution >= 4 is 17.9 Å². The molecule has 0 rings (SSSR count). The number of rotatable bonds is 45. The van der Waals surface area contributed by atoms with E-state index in [1.807, 2.05) is 21.1 Å². The molecule has 0 aromatic rings. The van der Waals surface area contributed by atoms with Crippen molar-refractivity contribution < 1.29 is 38.2 Å². The molecule has 62 heavy (non-hydrogen) atoms. The average molecular weight is 871 g/mol. The monoisotopic (exact) mass is 871 g/mol. The molecular formula is C54H96NO7+. The van der Waals surface area contributed by atoms with Crippen LogP contribution in [-0.2, 0) is 28.6 Å². The van der Waals surface area contributed by atoms with Crippen LogP contribution in [0.2, 0.25) is 0 Å². The number of likely N-dealkylation sites (N-methyl/N-ethyl adjacent to an activating group) is 1. The minimum atomic E-state index is -0.879. The van der Waals surface area contributed by atoms with E-state index >= 15 is 0 Å². The third kappa shape index (κ3) is 42.3. The Morgan fingerprint density at radius 2 is 0.855 bits per heavy atom. The van der Waals surface area contributed by atoms with Crippen LogP contribution in [0.15, 0.2) is 60.8 Å². The van der Waals surface area contributed by atoms with Crippen LogP contribution in [0.3, 0.4) is 0 Å².